The summed E-state index contributed by atoms with van der Waals surface area (Å²) in [5.74, 6) is -1.77. The summed E-state index contributed by atoms with van der Waals surface area (Å²) >= 11 is 0.931. The van der Waals surface area contributed by atoms with E-state index in [1.54, 1.807) is 19.9 Å². The van der Waals surface area contributed by atoms with Crippen molar-refractivity contribution < 1.29 is 24.0 Å². The molecule has 0 saturated carbocycles. The van der Waals surface area contributed by atoms with Crippen LogP contribution in [0.25, 0.3) is 0 Å². The number of hydrogen-bond donors (Lipinski definition) is 2. The van der Waals surface area contributed by atoms with E-state index in [2.05, 4.69) is 10.6 Å². The van der Waals surface area contributed by atoms with Crippen molar-refractivity contribution in [3.05, 3.63) is 85.3 Å². The Morgan fingerprint density at radius 3 is 2.41 bits per heavy atom. The summed E-state index contributed by atoms with van der Waals surface area (Å²) in [6.45, 7) is 7.18. The Morgan fingerprint density at radius 2 is 1.76 bits per heavy atom. The average molecular weight is 482 g/mol. The molecule has 0 aliphatic heterocycles. The maximum atomic E-state index is 13.1. The van der Waals surface area contributed by atoms with Gasteiger partial charge in [-0.1, -0.05) is 23.8 Å². The lowest BCUT2D eigenvalue weighted by Gasteiger charge is -2.09. The van der Waals surface area contributed by atoms with Gasteiger partial charge < -0.3 is 15.4 Å². The number of nitrogens with one attached hydrogen (secondary N) is 2. The number of hydrogen-bond acceptors (Lipinski definition) is 7. The molecule has 0 bridgehead atoms. The molecule has 0 unspecified atom stereocenters. The van der Waals surface area contributed by atoms with E-state index in [0.29, 0.717) is 11.3 Å². The Morgan fingerprint density at radius 1 is 1.03 bits per heavy atom. The Hall–Kier alpha value is -4.05. The van der Waals surface area contributed by atoms with E-state index in [9.17, 15) is 24.5 Å². The van der Waals surface area contributed by atoms with Crippen LogP contribution in [0.15, 0.2) is 42.5 Å². The first-order valence-electron chi connectivity index (χ1n) is 10.4. The number of carbonyl (C=O) groups excluding carboxylic acids is 3. The second-order valence-electron chi connectivity index (χ2n) is 7.51. The van der Waals surface area contributed by atoms with Crippen molar-refractivity contribution >= 4 is 45.5 Å². The van der Waals surface area contributed by atoms with Crippen molar-refractivity contribution in [2.45, 2.75) is 27.7 Å². The molecular formula is C24H23N3O6S. The largest absolute Gasteiger partial charge is 0.462 e. The van der Waals surface area contributed by atoms with Gasteiger partial charge in [-0.05, 0) is 51.0 Å². The molecule has 3 rings (SSSR count). The number of amides is 2. The highest BCUT2D eigenvalue weighted by Gasteiger charge is 2.27. The van der Waals surface area contributed by atoms with Gasteiger partial charge in [0.05, 0.1) is 22.0 Å². The second-order valence-corrected chi connectivity index (χ2v) is 8.54. The van der Waals surface area contributed by atoms with E-state index >= 15 is 0 Å². The summed E-state index contributed by atoms with van der Waals surface area (Å²) in [5.41, 5.74) is 2.79. The average Bonchev–Trinajstić information content (AvgIpc) is 3.11. The lowest BCUT2D eigenvalue weighted by atomic mass is 10.1. The normalized spacial score (nSPS) is 10.5. The van der Waals surface area contributed by atoms with E-state index in [1.165, 1.54) is 18.2 Å². The number of non-ortho nitro benzene ring substituents is 1. The molecule has 2 N–H and O–H groups in total. The SMILES string of the molecule is CCOC(=O)c1c(NC(=O)c2cccc([N+](=O)[O-])c2)sc(C(=O)Nc2ccc(C)cc2C)c1C. The van der Waals surface area contributed by atoms with E-state index in [1.807, 2.05) is 26.0 Å². The third kappa shape index (κ3) is 5.29. The standard InChI is InChI=1S/C24H23N3O6S/c1-5-33-24(30)19-15(4)20(22(29)25-18-10-9-13(2)11-14(18)3)34-23(19)26-21(28)16-7-6-8-17(12-16)27(31)32/h6-12H,5H2,1-4H3,(H,25,29)(H,26,28). The molecule has 1 heterocycles. The van der Waals surface area contributed by atoms with Gasteiger partial charge in [0, 0.05) is 23.4 Å². The predicted molar refractivity (Wildman–Crippen MR) is 130 cm³/mol. The van der Waals surface area contributed by atoms with Gasteiger partial charge in [-0.15, -0.1) is 11.3 Å². The van der Waals surface area contributed by atoms with Crippen LogP contribution >= 0.6 is 11.3 Å². The van der Waals surface area contributed by atoms with Gasteiger partial charge in [0.1, 0.15) is 5.00 Å². The van der Waals surface area contributed by atoms with Gasteiger partial charge >= 0.3 is 5.97 Å². The van der Waals surface area contributed by atoms with Crippen molar-refractivity contribution in [1.29, 1.82) is 0 Å². The molecule has 0 spiro atoms. The number of thiophene rings is 1. The number of anilines is 2. The zero-order chi connectivity index (χ0) is 25.0. The molecule has 10 heteroatoms. The van der Waals surface area contributed by atoms with Crippen LogP contribution in [0.3, 0.4) is 0 Å². The van der Waals surface area contributed by atoms with Crippen LogP contribution in [-0.2, 0) is 4.74 Å². The molecule has 176 valence electrons. The molecule has 0 radical (unpaired) electrons. The number of nitrogens with zero attached hydrogens (tertiary/aromatic N) is 1. The lowest BCUT2D eigenvalue weighted by molar-refractivity contribution is -0.384. The lowest BCUT2D eigenvalue weighted by Crippen LogP contribution is -2.15. The summed E-state index contributed by atoms with van der Waals surface area (Å²) in [6.07, 6.45) is 0. The topological polar surface area (TPSA) is 128 Å². The van der Waals surface area contributed by atoms with E-state index in [4.69, 9.17) is 4.74 Å². The highest BCUT2D eigenvalue weighted by atomic mass is 32.1. The number of aryl methyl sites for hydroxylation is 2. The third-order valence-electron chi connectivity index (χ3n) is 5.01. The molecule has 9 nitrogen and oxygen atoms in total. The minimum absolute atomic E-state index is 0.0383. The van der Waals surface area contributed by atoms with Crippen LogP contribution in [0.2, 0.25) is 0 Å². The fourth-order valence-electron chi connectivity index (χ4n) is 3.34. The maximum absolute atomic E-state index is 13.1. The summed E-state index contributed by atoms with van der Waals surface area (Å²) in [4.78, 5) is 49.2. The molecule has 34 heavy (non-hydrogen) atoms. The molecule has 0 aliphatic carbocycles. The highest BCUT2D eigenvalue weighted by Crippen LogP contribution is 2.35. The molecule has 0 aliphatic rings. The van der Waals surface area contributed by atoms with Crippen LogP contribution < -0.4 is 10.6 Å². The van der Waals surface area contributed by atoms with Crippen LogP contribution in [-0.4, -0.2) is 29.3 Å². The van der Waals surface area contributed by atoms with Crippen LogP contribution in [0.5, 0.6) is 0 Å². The van der Waals surface area contributed by atoms with Crippen molar-refractivity contribution in [1.82, 2.24) is 0 Å². The third-order valence-corrected chi connectivity index (χ3v) is 6.21. The first-order chi connectivity index (χ1) is 16.1. The summed E-state index contributed by atoms with van der Waals surface area (Å²) in [6, 6.07) is 10.8. The smallest absolute Gasteiger partial charge is 0.341 e. The van der Waals surface area contributed by atoms with E-state index in [0.717, 1.165) is 28.5 Å². The zero-order valence-corrected chi connectivity index (χ0v) is 19.9. The summed E-state index contributed by atoms with van der Waals surface area (Å²) in [5, 5.41) is 16.6. The molecular weight excluding hydrogens is 458 g/mol. The molecule has 0 fully saturated rings. The zero-order valence-electron chi connectivity index (χ0n) is 19.1. The highest BCUT2D eigenvalue weighted by molar-refractivity contribution is 7.19. The van der Waals surface area contributed by atoms with Crippen LogP contribution in [0.4, 0.5) is 16.4 Å². The van der Waals surface area contributed by atoms with Crippen molar-refractivity contribution in [2.24, 2.45) is 0 Å². The summed E-state index contributed by atoms with van der Waals surface area (Å²) in [7, 11) is 0. The number of benzene rings is 2. The summed E-state index contributed by atoms with van der Waals surface area (Å²) < 4.78 is 5.13. The first-order valence-corrected chi connectivity index (χ1v) is 11.2. The fourth-order valence-corrected chi connectivity index (χ4v) is 4.42. The number of ether oxygens (including phenoxy) is 1. The number of esters is 1. The van der Waals surface area contributed by atoms with Gasteiger partial charge in [0.25, 0.3) is 17.5 Å². The first kappa shape index (κ1) is 24.6. The van der Waals surface area contributed by atoms with Crippen LogP contribution in [0, 0.1) is 30.9 Å². The molecule has 2 amide bonds. The number of nitro benzene ring substituents is 1. The van der Waals surface area contributed by atoms with Gasteiger partial charge in [0.2, 0.25) is 0 Å². The predicted octanol–water partition coefficient (Wildman–Crippen LogP) is 5.26. The minimum Gasteiger partial charge on any atom is -0.462 e. The van der Waals surface area contributed by atoms with Gasteiger partial charge in [-0.25, -0.2) is 4.79 Å². The maximum Gasteiger partial charge on any atom is 0.341 e. The number of rotatable bonds is 7. The van der Waals surface area contributed by atoms with Crippen LogP contribution in [0.1, 0.15) is 54.0 Å². The fraction of sp³-hybridized carbons (Fsp3) is 0.208. The van der Waals surface area contributed by atoms with Gasteiger partial charge in [-0.3, -0.25) is 19.7 Å². The minimum atomic E-state index is -0.684. The molecule has 2 aromatic carbocycles. The Kier molecular flexibility index (Phi) is 7.42. The molecule has 0 atom stereocenters. The Bertz CT molecular complexity index is 1300. The van der Waals surface area contributed by atoms with Crippen molar-refractivity contribution in [3.63, 3.8) is 0 Å². The van der Waals surface area contributed by atoms with Crippen molar-refractivity contribution in [2.75, 3.05) is 17.2 Å². The monoisotopic (exact) mass is 481 g/mol. The Labute approximate surface area is 199 Å². The second kappa shape index (κ2) is 10.3. The molecule has 3 aromatic rings. The van der Waals surface area contributed by atoms with Gasteiger partial charge in [0.15, 0.2) is 0 Å². The number of carbonyl (C=O) groups is 3. The van der Waals surface area contributed by atoms with E-state index in [-0.39, 0.29) is 33.3 Å². The number of nitro groups is 1. The molecule has 1 aromatic heterocycles. The van der Waals surface area contributed by atoms with E-state index < -0.39 is 22.7 Å². The van der Waals surface area contributed by atoms with Crippen molar-refractivity contribution in [3.8, 4) is 0 Å². The molecule has 0 saturated heterocycles. The quantitative estimate of drug-likeness (QED) is 0.269. The van der Waals surface area contributed by atoms with Gasteiger partial charge in [-0.2, -0.15) is 0 Å². The Balaban J connectivity index is 1.96.